The molecule has 2 rings (SSSR count). The highest BCUT2D eigenvalue weighted by Crippen LogP contribution is 2.31. The Kier molecular flexibility index (Phi) is 5.94. The summed E-state index contributed by atoms with van der Waals surface area (Å²) in [6.45, 7) is 6.73. The van der Waals surface area contributed by atoms with Crippen molar-refractivity contribution in [1.29, 1.82) is 0 Å². The van der Waals surface area contributed by atoms with Crippen LogP contribution in [0.3, 0.4) is 0 Å². The third-order valence-corrected chi connectivity index (χ3v) is 4.94. The summed E-state index contributed by atoms with van der Waals surface area (Å²) in [5.41, 5.74) is 0.280. The number of benzene rings is 1. The number of carbonyl (C=O) groups is 1. The molecule has 0 spiro atoms. The minimum atomic E-state index is -0.636. The number of halogens is 1. The summed E-state index contributed by atoms with van der Waals surface area (Å²) in [5, 5.41) is 12.2. The molecule has 1 amide bonds. The van der Waals surface area contributed by atoms with Crippen molar-refractivity contribution in [1.82, 2.24) is 4.90 Å². The maximum absolute atomic E-state index is 12.2. The molecule has 1 aromatic rings. The van der Waals surface area contributed by atoms with Crippen LogP contribution in [0.4, 0.5) is 4.79 Å². The van der Waals surface area contributed by atoms with Gasteiger partial charge in [-0.05, 0) is 50.5 Å². The van der Waals surface area contributed by atoms with Gasteiger partial charge >= 0.3 is 6.09 Å². The van der Waals surface area contributed by atoms with Gasteiger partial charge < -0.3 is 14.7 Å². The smallest absolute Gasteiger partial charge is 0.410 e. The van der Waals surface area contributed by atoms with E-state index in [9.17, 15) is 9.90 Å². The highest BCUT2D eigenvalue weighted by atomic mass is 35.5. The summed E-state index contributed by atoms with van der Waals surface area (Å²) in [5.74, 6) is -0.0114. The monoisotopic (exact) mass is 357 g/mol. The Bertz CT molecular complexity index is 573. The quantitative estimate of drug-likeness (QED) is 0.824. The highest BCUT2D eigenvalue weighted by Gasteiger charge is 2.31. The number of hydrogen-bond donors (Lipinski definition) is 1. The van der Waals surface area contributed by atoms with Crippen LogP contribution in [0.5, 0.6) is 0 Å². The van der Waals surface area contributed by atoms with Crippen molar-refractivity contribution in [2.45, 2.75) is 45.3 Å². The van der Waals surface area contributed by atoms with Gasteiger partial charge in [0.2, 0.25) is 0 Å². The summed E-state index contributed by atoms with van der Waals surface area (Å²) >= 11 is 6.13. The normalized spacial score (nSPS) is 20.3. The third-order valence-electron chi connectivity index (χ3n) is 3.92. The number of aliphatic hydroxyl groups is 1. The zero-order valence-electron chi connectivity index (χ0n) is 13.9. The maximum Gasteiger partial charge on any atom is 0.410 e. The summed E-state index contributed by atoms with van der Waals surface area (Å²) in [6.07, 6.45) is 0.785. The van der Waals surface area contributed by atoms with Gasteiger partial charge in [-0.15, -0.1) is 9.24 Å². The fraction of sp³-hybridized carbons (Fsp3) is 0.588. The van der Waals surface area contributed by atoms with Crippen LogP contribution in [0.25, 0.3) is 0 Å². The van der Waals surface area contributed by atoms with Gasteiger partial charge in [0.25, 0.3) is 0 Å². The molecule has 1 heterocycles. The average Bonchev–Trinajstić information content (AvgIpc) is 2.48. The first kappa shape index (κ1) is 18.5. The average molecular weight is 358 g/mol. The van der Waals surface area contributed by atoms with E-state index in [-0.39, 0.29) is 12.0 Å². The second-order valence-corrected chi connectivity index (χ2v) is 8.08. The second kappa shape index (κ2) is 7.38. The molecule has 0 radical (unpaired) electrons. The van der Waals surface area contributed by atoms with Gasteiger partial charge in [-0.3, -0.25) is 0 Å². The zero-order valence-corrected chi connectivity index (χ0v) is 15.8. The van der Waals surface area contributed by atoms with E-state index < -0.39 is 11.7 Å². The first-order chi connectivity index (χ1) is 10.7. The standard InChI is InChI=1S/C17H25ClNO3P/c1-17(2,3)22-16(21)19-8-4-5-12(10-19)15(20)11-6-7-14(23)13(18)9-11/h6-7,9,12,15,20H,4-5,8,10,23H2,1-3H3. The Hall–Kier alpha value is -0.830. The molecule has 1 saturated heterocycles. The molecule has 6 heteroatoms. The molecule has 3 atom stereocenters. The number of ether oxygens (including phenoxy) is 1. The Balaban J connectivity index is 2.05. The lowest BCUT2D eigenvalue weighted by Crippen LogP contribution is -2.44. The fourth-order valence-corrected chi connectivity index (χ4v) is 3.13. The number of rotatable bonds is 2. The molecule has 4 nitrogen and oxygen atoms in total. The number of aliphatic hydroxyl groups excluding tert-OH is 1. The molecule has 0 aromatic heterocycles. The largest absolute Gasteiger partial charge is 0.444 e. The molecule has 3 unspecified atom stereocenters. The number of hydrogen-bond acceptors (Lipinski definition) is 3. The van der Waals surface area contributed by atoms with Crippen molar-refractivity contribution in [2.24, 2.45) is 5.92 Å². The molecule has 1 aliphatic rings. The van der Waals surface area contributed by atoms with Gasteiger partial charge in [-0.25, -0.2) is 4.79 Å². The minimum Gasteiger partial charge on any atom is -0.444 e. The van der Waals surface area contributed by atoms with Crippen molar-refractivity contribution in [3.8, 4) is 0 Å². The molecule has 1 fully saturated rings. The molecule has 1 aromatic carbocycles. The van der Waals surface area contributed by atoms with Crippen molar-refractivity contribution in [3.63, 3.8) is 0 Å². The van der Waals surface area contributed by atoms with Gasteiger partial charge in [-0.2, -0.15) is 0 Å². The Morgan fingerprint density at radius 1 is 1.48 bits per heavy atom. The van der Waals surface area contributed by atoms with Crippen LogP contribution in [0, 0.1) is 5.92 Å². The predicted octanol–water partition coefficient (Wildman–Crippen LogP) is 3.52. The first-order valence-corrected chi connectivity index (χ1v) is 8.84. The topological polar surface area (TPSA) is 49.8 Å². The molecule has 23 heavy (non-hydrogen) atoms. The van der Waals surface area contributed by atoms with Gasteiger partial charge in [0.15, 0.2) is 0 Å². The zero-order chi connectivity index (χ0) is 17.2. The minimum absolute atomic E-state index is 0.0114. The van der Waals surface area contributed by atoms with E-state index in [0.29, 0.717) is 18.1 Å². The Morgan fingerprint density at radius 2 is 2.17 bits per heavy atom. The van der Waals surface area contributed by atoms with E-state index >= 15 is 0 Å². The van der Waals surface area contributed by atoms with E-state index in [4.69, 9.17) is 16.3 Å². The van der Waals surface area contributed by atoms with Crippen LogP contribution in [0.2, 0.25) is 5.02 Å². The molecular weight excluding hydrogens is 333 g/mol. The molecule has 1 N–H and O–H groups in total. The molecular formula is C17H25ClNO3P. The third kappa shape index (κ3) is 5.07. The number of piperidine rings is 1. The Morgan fingerprint density at radius 3 is 2.78 bits per heavy atom. The molecule has 0 saturated carbocycles. The second-order valence-electron chi connectivity index (χ2n) is 7.05. The lowest BCUT2D eigenvalue weighted by Gasteiger charge is -2.36. The Labute approximate surface area is 145 Å². The van der Waals surface area contributed by atoms with E-state index in [1.807, 2.05) is 32.9 Å². The van der Waals surface area contributed by atoms with Crippen LogP contribution in [-0.2, 0) is 4.74 Å². The van der Waals surface area contributed by atoms with Gasteiger partial charge in [-0.1, -0.05) is 23.7 Å². The molecule has 0 aliphatic carbocycles. The summed E-state index contributed by atoms with van der Waals surface area (Å²) in [7, 11) is 2.56. The maximum atomic E-state index is 12.2. The number of amides is 1. The van der Waals surface area contributed by atoms with E-state index in [0.717, 1.165) is 23.7 Å². The van der Waals surface area contributed by atoms with Crippen LogP contribution in [0.1, 0.15) is 45.3 Å². The van der Waals surface area contributed by atoms with E-state index in [1.54, 1.807) is 11.0 Å². The molecule has 0 bridgehead atoms. The van der Waals surface area contributed by atoms with Crippen LogP contribution in [-0.4, -0.2) is 34.8 Å². The van der Waals surface area contributed by atoms with Gasteiger partial charge in [0.1, 0.15) is 5.60 Å². The lowest BCUT2D eigenvalue weighted by atomic mass is 9.89. The lowest BCUT2D eigenvalue weighted by molar-refractivity contribution is 0.00239. The summed E-state index contributed by atoms with van der Waals surface area (Å²) < 4.78 is 5.43. The molecule has 1 aliphatic heterocycles. The van der Waals surface area contributed by atoms with Crippen LogP contribution < -0.4 is 5.30 Å². The van der Waals surface area contributed by atoms with Crippen LogP contribution in [0.15, 0.2) is 18.2 Å². The van der Waals surface area contributed by atoms with Crippen molar-refractivity contribution in [3.05, 3.63) is 28.8 Å². The van der Waals surface area contributed by atoms with Gasteiger partial charge in [0, 0.05) is 24.0 Å². The number of nitrogens with zero attached hydrogens (tertiary/aromatic N) is 1. The van der Waals surface area contributed by atoms with E-state index in [1.165, 1.54) is 0 Å². The van der Waals surface area contributed by atoms with Crippen molar-refractivity contribution in [2.75, 3.05) is 13.1 Å². The fourth-order valence-electron chi connectivity index (χ4n) is 2.76. The number of carbonyl (C=O) groups excluding carboxylic acids is 1. The SMILES string of the molecule is CC(C)(C)OC(=O)N1CCCC(C(O)c2ccc(P)c(Cl)c2)C1. The van der Waals surface area contributed by atoms with Crippen LogP contribution >= 0.6 is 20.8 Å². The van der Waals surface area contributed by atoms with E-state index in [2.05, 4.69) is 9.24 Å². The first-order valence-electron chi connectivity index (χ1n) is 7.88. The predicted molar refractivity (Wildman–Crippen MR) is 96.3 cm³/mol. The molecule has 128 valence electrons. The number of likely N-dealkylation sites (tertiary alicyclic amines) is 1. The van der Waals surface area contributed by atoms with Gasteiger partial charge in [0.05, 0.1) is 6.10 Å². The van der Waals surface area contributed by atoms with Crippen molar-refractivity contribution >= 4 is 32.2 Å². The summed E-state index contributed by atoms with van der Waals surface area (Å²) in [4.78, 5) is 13.9. The van der Waals surface area contributed by atoms with Crippen molar-refractivity contribution < 1.29 is 14.6 Å². The summed E-state index contributed by atoms with van der Waals surface area (Å²) in [6, 6.07) is 5.55. The highest BCUT2D eigenvalue weighted by molar-refractivity contribution is 7.28.